The van der Waals surface area contributed by atoms with Crippen molar-refractivity contribution >= 4 is 17.3 Å². The molecule has 2 N–H and O–H groups in total. The molecule has 0 atom stereocenters. The zero-order valence-electron chi connectivity index (χ0n) is 16.5. The minimum absolute atomic E-state index is 0.533. The first-order valence-electron chi connectivity index (χ1n) is 9.27. The van der Waals surface area contributed by atoms with Gasteiger partial charge < -0.3 is 15.4 Å². The van der Waals surface area contributed by atoms with Gasteiger partial charge in [0.2, 0.25) is 0 Å². The third-order valence-corrected chi connectivity index (χ3v) is 5.48. The first-order chi connectivity index (χ1) is 13.7. The molecule has 5 nitrogen and oxygen atoms in total. The smallest absolute Gasteiger partial charge is 0.191 e. The third kappa shape index (κ3) is 5.57. The molecule has 0 aliphatic carbocycles. The summed E-state index contributed by atoms with van der Waals surface area (Å²) in [7, 11) is 1.78. The van der Waals surface area contributed by atoms with E-state index in [-0.39, 0.29) is 0 Å². The molecule has 6 heteroatoms. The van der Waals surface area contributed by atoms with Gasteiger partial charge in [-0.1, -0.05) is 42.5 Å². The number of aliphatic imine (C=N–C) groups is 1. The Morgan fingerprint density at radius 2 is 1.64 bits per heavy atom. The summed E-state index contributed by atoms with van der Waals surface area (Å²) in [6.45, 7) is 6.00. The predicted octanol–water partition coefficient (Wildman–Crippen LogP) is 4.20. The Labute approximate surface area is 170 Å². The van der Waals surface area contributed by atoms with Crippen LogP contribution in [0.5, 0.6) is 5.75 Å². The van der Waals surface area contributed by atoms with Crippen LogP contribution < -0.4 is 15.4 Å². The SMILES string of the molecule is CN=C(NCc1nc(C)c(C)s1)NCc1ccccc1COc1ccccc1. The molecule has 0 fully saturated rings. The van der Waals surface area contributed by atoms with E-state index in [1.54, 1.807) is 18.4 Å². The maximum absolute atomic E-state index is 5.90. The van der Waals surface area contributed by atoms with Gasteiger partial charge in [-0.15, -0.1) is 11.3 Å². The van der Waals surface area contributed by atoms with E-state index in [9.17, 15) is 0 Å². The van der Waals surface area contributed by atoms with E-state index in [4.69, 9.17) is 4.74 Å². The van der Waals surface area contributed by atoms with Gasteiger partial charge in [0.25, 0.3) is 0 Å². The van der Waals surface area contributed by atoms with Crippen molar-refractivity contribution in [1.29, 1.82) is 0 Å². The van der Waals surface area contributed by atoms with Gasteiger partial charge in [-0.3, -0.25) is 4.99 Å². The molecule has 0 aliphatic rings. The van der Waals surface area contributed by atoms with Crippen LogP contribution in [0, 0.1) is 13.8 Å². The van der Waals surface area contributed by atoms with Crippen LogP contribution >= 0.6 is 11.3 Å². The van der Waals surface area contributed by atoms with Gasteiger partial charge in [-0.25, -0.2) is 4.98 Å². The van der Waals surface area contributed by atoms with Gasteiger partial charge in [0, 0.05) is 18.5 Å². The normalized spacial score (nSPS) is 11.3. The van der Waals surface area contributed by atoms with Gasteiger partial charge in [-0.2, -0.15) is 0 Å². The van der Waals surface area contributed by atoms with Crippen molar-refractivity contribution in [3.05, 3.63) is 81.3 Å². The molecule has 0 saturated heterocycles. The first-order valence-corrected chi connectivity index (χ1v) is 10.1. The summed E-state index contributed by atoms with van der Waals surface area (Å²) < 4.78 is 5.90. The highest BCUT2D eigenvalue weighted by Crippen LogP contribution is 2.16. The number of hydrogen-bond acceptors (Lipinski definition) is 4. The number of benzene rings is 2. The van der Waals surface area contributed by atoms with Crippen molar-refractivity contribution in [2.75, 3.05) is 7.05 Å². The summed E-state index contributed by atoms with van der Waals surface area (Å²) in [5.41, 5.74) is 3.43. The summed E-state index contributed by atoms with van der Waals surface area (Å²) in [5, 5.41) is 7.77. The lowest BCUT2D eigenvalue weighted by Gasteiger charge is -2.14. The van der Waals surface area contributed by atoms with Crippen LogP contribution in [-0.4, -0.2) is 18.0 Å². The Bertz CT molecular complexity index is 902. The second-order valence-electron chi connectivity index (χ2n) is 6.40. The minimum atomic E-state index is 0.533. The Hall–Kier alpha value is -2.86. The summed E-state index contributed by atoms with van der Waals surface area (Å²) in [6.07, 6.45) is 0. The fourth-order valence-electron chi connectivity index (χ4n) is 2.72. The molecule has 0 amide bonds. The molecule has 1 heterocycles. The second kappa shape index (κ2) is 9.90. The van der Waals surface area contributed by atoms with E-state index in [0.29, 0.717) is 19.7 Å². The number of nitrogens with zero attached hydrogens (tertiary/aromatic N) is 2. The van der Waals surface area contributed by atoms with E-state index in [0.717, 1.165) is 28.0 Å². The van der Waals surface area contributed by atoms with E-state index < -0.39 is 0 Å². The number of thiazole rings is 1. The molecule has 0 spiro atoms. The largest absolute Gasteiger partial charge is 0.489 e. The van der Waals surface area contributed by atoms with Crippen molar-refractivity contribution in [2.45, 2.75) is 33.5 Å². The summed E-state index contributed by atoms with van der Waals surface area (Å²) >= 11 is 1.72. The third-order valence-electron chi connectivity index (χ3n) is 4.41. The maximum Gasteiger partial charge on any atom is 0.191 e. The molecular weight excluding hydrogens is 368 g/mol. The number of ether oxygens (including phenoxy) is 1. The van der Waals surface area contributed by atoms with Crippen LogP contribution in [0.25, 0.3) is 0 Å². The first kappa shape index (κ1) is 19.9. The molecular formula is C22H26N4OS. The van der Waals surface area contributed by atoms with E-state index in [2.05, 4.69) is 39.7 Å². The number of nitrogens with one attached hydrogen (secondary N) is 2. The summed E-state index contributed by atoms with van der Waals surface area (Å²) in [5.74, 6) is 1.63. The zero-order chi connectivity index (χ0) is 19.8. The standard InChI is InChI=1S/C22H26N4OS/c1-16-17(2)28-21(26-16)14-25-22(23-3)24-13-18-9-7-8-10-19(18)15-27-20-11-5-4-6-12-20/h4-12H,13-15H2,1-3H3,(H2,23,24,25). The molecule has 2 aromatic carbocycles. The Morgan fingerprint density at radius 3 is 2.32 bits per heavy atom. The molecule has 0 saturated carbocycles. The van der Waals surface area contributed by atoms with Crippen LogP contribution in [0.1, 0.15) is 26.7 Å². The zero-order valence-corrected chi connectivity index (χ0v) is 17.3. The molecule has 3 aromatic rings. The van der Waals surface area contributed by atoms with Crippen molar-refractivity contribution in [2.24, 2.45) is 4.99 Å². The molecule has 0 aliphatic heterocycles. The number of aromatic nitrogens is 1. The molecule has 0 bridgehead atoms. The highest BCUT2D eigenvalue weighted by Gasteiger charge is 2.07. The molecule has 0 radical (unpaired) electrons. The van der Waals surface area contributed by atoms with Crippen LogP contribution in [0.4, 0.5) is 0 Å². The highest BCUT2D eigenvalue weighted by atomic mass is 32.1. The lowest BCUT2D eigenvalue weighted by atomic mass is 10.1. The lowest BCUT2D eigenvalue weighted by Crippen LogP contribution is -2.36. The van der Waals surface area contributed by atoms with Gasteiger partial charge in [0.1, 0.15) is 17.4 Å². The number of aryl methyl sites for hydroxylation is 2. The Balaban J connectivity index is 1.55. The van der Waals surface area contributed by atoms with Gasteiger partial charge in [0.05, 0.1) is 12.2 Å². The summed E-state index contributed by atoms with van der Waals surface area (Å²) in [4.78, 5) is 10.1. The van der Waals surface area contributed by atoms with E-state index >= 15 is 0 Å². The highest BCUT2D eigenvalue weighted by molar-refractivity contribution is 7.11. The number of guanidine groups is 1. The number of para-hydroxylation sites is 1. The molecule has 28 heavy (non-hydrogen) atoms. The van der Waals surface area contributed by atoms with Gasteiger partial charge in [0.15, 0.2) is 5.96 Å². The lowest BCUT2D eigenvalue weighted by molar-refractivity contribution is 0.305. The topological polar surface area (TPSA) is 58.5 Å². The Morgan fingerprint density at radius 1 is 0.964 bits per heavy atom. The van der Waals surface area contributed by atoms with Crippen LogP contribution in [-0.2, 0) is 19.7 Å². The minimum Gasteiger partial charge on any atom is -0.489 e. The van der Waals surface area contributed by atoms with Crippen molar-refractivity contribution in [1.82, 2.24) is 15.6 Å². The number of hydrogen-bond donors (Lipinski definition) is 2. The average molecular weight is 395 g/mol. The Kier molecular flexibility index (Phi) is 7.03. The molecule has 3 rings (SSSR count). The molecule has 146 valence electrons. The monoisotopic (exact) mass is 394 g/mol. The maximum atomic E-state index is 5.90. The van der Waals surface area contributed by atoms with Crippen LogP contribution in [0.3, 0.4) is 0 Å². The van der Waals surface area contributed by atoms with E-state index in [1.807, 2.05) is 49.4 Å². The van der Waals surface area contributed by atoms with Crippen molar-refractivity contribution in [3.8, 4) is 5.75 Å². The number of rotatable bonds is 7. The van der Waals surface area contributed by atoms with Gasteiger partial charge >= 0.3 is 0 Å². The van der Waals surface area contributed by atoms with Crippen LogP contribution in [0.2, 0.25) is 0 Å². The van der Waals surface area contributed by atoms with Crippen LogP contribution in [0.15, 0.2) is 59.6 Å². The fraction of sp³-hybridized carbons (Fsp3) is 0.273. The van der Waals surface area contributed by atoms with Gasteiger partial charge in [-0.05, 0) is 37.1 Å². The summed E-state index contributed by atoms with van der Waals surface area (Å²) in [6, 6.07) is 18.2. The van der Waals surface area contributed by atoms with E-state index in [1.165, 1.54) is 10.4 Å². The quantitative estimate of drug-likeness (QED) is 0.466. The van der Waals surface area contributed by atoms with Crippen molar-refractivity contribution < 1.29 is 4.74 Å². The second-order valence-corrected chi connectivity index (χ2v) is 7.69. The fourth-order valence-corrected chi connectivity index (χ4v) is 3.60. The molecule has 0 unspecified atom stereocenters. The molecule has 1 aromatic heterocycles. The van der Waals surface area contributed by atoms with Crippen molar-refractivity contribution in [3.63, 3.8) is 0 Å². The predicted molar refractivity (Wildman–Crippen MR) is 116 cm³/mol. The average Bonchev–Trinajstić information content (AvgIpc) is 3.05.